The fourth-order valence-electron chi connectivity index (χ4n) is 1.86. The molecule has 0 radical (unpaired) electrons. The van der Waals surface area contributed by atoms with Crippen LogP contribution in [0.2, 0.25) is 0 Å². The van der Waals surface area contributed by atoms with Gasteiger partial charge in [0.15, 0.2) is 0 Å². The predicted octanol–water partition coefficient (Wildman–Crippen LogP) is 1.83. The van der Waals surface area contributed by atoms with E-state index in [1.54, 1.807) is 4.90 Å². The third kappa shape index (κ3) is 4.65. The molecule has 0 aromatic rings. The molecule has 1 heterocycles. The lowest BCUT2D eigenvalue weighted by Gasteiger charge is -2.31. The maximum absolute atomic E-state index is 11.6. The van der Waals surface area contributed by atoms with E-state index in [2.05, 4.69) is 11.8 Å². The van der Waals surface area contributed by atoms with E-state index in [0.717, 1.165) is 32.5 Å². The predicted molar refractivity (Wildman–Crippen MR) is 64.9 cm³/mol. The fourth-order valence-corrected chi connectivity index (χ4v) is 1.86. The van der Waals surface area contributed by atoms with E-state index < -0.39 is 0 Å². The van der Waals surface area contributed by atoms with Crippen molar-refractivity contribution in [2.75, 3.05) is 33.7 Å². The molecule has 0 aliphatic carbocycles. The molecule has 90 valence electrons. The average Bonchev–Trinajstić information content (AvgIpc) is 2.31. The van der Waals surface area contributed by atoms with Gasteiger partial charge in [-0.25, -0.2) is 0 Å². The van der Waals surface area contributed by atoms with Gasteiger partial charge in [0.25, 0.3) is 0 Å². The van der Waals surface area contributed by atoms with E-state index in [1.165, 1.54) is 0 Å². The van der Waals surface area contributed by atoms with Crippen LogP contribution in [0.25, 0.3) is 0 Å². The molecule has 1 aliphatic heterocycles. The lowest BCUT2D eigenvalue weighted by molar-refractivity contribution is -0.134. The van der Waals surface area contributed by atoms with Gasteiger partial charge in [0.1, 0.15) is 0 Å². The van der Waals surface area contributed by atoms with Crippen LogP contribution in [0, 0.1) is 5.92 Å². The van der Waals surface area contributed by atoms with Crippen LogP contribution in [0.1, 0.15) is 33.6 Å². The number of hydrogen-bond donors (Lipinski definition) is 0. The van der Waals surface area contributed by atoms with Crippen LogP contribution in [0.15, 0.2) is 0 Å². The molecular formula is C12H26N2O. The number of hydrogen-bond acceptors (Lipinski definition) is 2. The molecule has 0 unspecified atom stereocenters. The van der Waals surface area contributed by atoms with E-state index >= 15 is 0 Å². The Morgan fingerprint density at radius 3 is 2.07 bits per heavy atom. The van der Waals surface area contributed by atoms with Gasteiger partial charge in [0.05, 0.1) is 0 Å². The molecule has 3 heteroatoms. The minimum absolute atomic E-state index is 0.276. The first-order valence-electron chi connectivity index (χ1n) is 6.08. The van der Waals surface area contributed by atoms with Crippen LogP contribution in [0.4, 0.5) is 0 Å². The third-order valence-corrected chi connectivity index (χ3v) is 2.82. The van der Waals surface area contributed by atoms with Gasteiger partial charge in [-0.05, 0) is 32.5 Å². The van der Waals surface area contributed by atoms with Crippen LogP contribution in [-0.4, -0.2) is 49.4 Å². The molecular weight excluding hydrogens is 188 g/mol. The summed E-state index contributed by atoms with van der Waals surface area (Å²) in [5.74, 6) is 0.577. The molecule has 0 atom stereocenters. The number of carbonyl (C=O) groups excluding carboxylic acids is 1. The summed E-state index contributed by atoms with van der Waals surface area (Å²) < 4.78 is 0. The Hall–Kier alpha value is -0.570. The van der Waals surface area contributed by atoms with Gasteiger partial charge in [-0.3, -0.25) is 4.79 Å². The number of piperidine rings is 1. The van der Waals surface area contributed by atoms with Gasteiger partial charge in [-0.2, -0.15) is 0 Å². The van der Waals surface area contributed by atoms with E-state index in [9.17, 15) is 4.79 Å². The topological polar surface area (TPSA) is 23.6 Å². The summed E-state index contributed by atoms with van der Waals surface area (Å²) in [6.07, 6.45) is 2.07. The smallest absolute Gasteiger partial charge is 0.225 e. The average molecular weight is 214 g/mol. The van der Waals surface area contributed by atoms with Crippen LogP contribution in [0.5, 0.6) is 0 Å². The molecule has 15 heavy (non-hydrogen) atoms. The minimum atomic E-state index is 0.276. The van der Waals surface area contributed by atoms with Gasteiger partial charge in [0.2, 0.25) is 5.91 Å². The molecule has 0 aromatic carbocycles. The zero-order valence-corrected chi connectivity index (χ0v) is 10.9. The van der Waals surface area contributed by atoms with Crippen LogP contribution in [0.3, 0.4) is 0 Å². The fraction of sp³-hybridized carbons (Fsp3) is 0.917. The third-order valence-electron chi connectivity index (χ3n) is 2.82. The molecule has 3 nitrogen and oxygen atoms in total. The van der Waals surface area contributed by atoms with Crippen molar-refractivity contribution in [1.29, 1.82) is 0 Å². The highest BCUT2D eigenvalue weighted by atomic mass is 16.2. The van der Waals surface area contributed by atoms with Crippen molar-refractivity contribution in [2.24, 2.45) is 5.92 Å². The highest BCUT2D eigenvalue weighted by Gasteiger charge is 2.24. The lowest BCUT2D eigenvalue weighted by atomic mass is 9.95. The SMILES string of the molecule is CC.CCN1CCC(C(=O)N(C)C)CC1. The summed E-state index contributed by atoms with van der Waals surface area (Å²) in [6.45, 7) is 9.46. The van der Waals surface area contributed by atoms with Crippen molar-refractivity contribution in [2.45, 2.75) is 33.6 Å². The zero-order chi connectivity index (χ0) is 11.8. The Morgan fingerprint density at radius 1 is 1.27 bits per heavy atom. The highest BCUT2D eigenvalue weighted by Crippen LogP contribution is 2.18. The quantitative estimate of drug-likeness (QED) is 0.700. The molecule has 1 aliphatic rings. The maximum Gasteiger partial charge on any atom is 0.225 e. The Bertz CT molecular complexity index is 172. The number of likely N-dealkylation sites (tertiary alicyclic amines) is 1. The van der Waals surface area contributed by atoms with Crippen molar-refractivity contribution in [3.8, 4) is 0 Å². The minimum Gasteiger partial charge on any atom is -0.349 e. The zero-order valence-electron chi connectivity index (χ0n) is 10.9. The Morgan fingerprint density at radius 2 is 1.73 bits per heavy atom. The Labute approximate surface area is 94.4 Å². The second-order valence-electron chi connectivity index (χ2n) is 3.94. The van der Waals surface area contributed by atoms with Crippen LogP contribution < -0.4 is 0 Å². The Balaban J connectivity index is 0.000000921. The standard InChI is InChI=1S/C10H20N2O.C2H6/c1-4-12-7-5-9(6-8-12)10(13)11(2)3;1-2/h9H,4-8H2,1-3H3;1-2H3. The van der Waals surface area contributed by atoms with Crippen molar-refractivity contribution in [3.63, 3.8) is 0 Å². The van der Waals surface area contributed by atoms with Crippen molar-refractivity contribution < 1.29 is 4.79 Å². The first-order chi connectivity index (χ1) is 7.15. The van der Waals surface area contributed by atoms with E-state index in [1.807, 2.05) is 27.9 Å². The first kappa shape index (κ1) is 14.4. The molecule has 0 saturated carbocycles. The van der Waals surface area contributed by atoms with Crippen molar-refractivity contribution in [1.82, 2.24) is 9.80 Å². The molecule has 1 amide bonds. The number of carbonyl (C=O) groups is 1. The molecule has 1 fully saturated rings. The van der Waals surface area contributed by atoms with E-state index in [0.29, 0.717) is 5.91 Å². The summed E-state index contributed by atoms with van der Waals surface area (Å²) in [5, 5.41) is 0. The van der Waals surface area contributed by atoms with Crippen molar-refractivity contribution in [3.05, 3.63) is 0 Å². The maximum atomic E-state index is 11.6. The van der Waals surface area contributed by atoms with Crippen LogP contribution in [-0.2, 0) is 4.79 Å². The first-order valence-corrected chi connectivity index (χ1v) is 6.08. The normalized spacial score (nSPS) is 17.9. The number of nitrogens with zero attached hydrogens (tertiary/aromatic N) is 2. The molecule has 0 spiro atoms. The van der Waals surface area contributed by atoms with Gasteiger partial charge in [-0.1, -0.05) is 20.8 Å². The molecule has 1 saturated heterocycles. The van der Waals surface area contributed by atoms with Crippen LogP contribution >= 0.6 is 0 Å². The van der Waals surface area contributed by atoms with Gasteiger partial charge >= 0.3 is 0 Å². The second-order valence-corrected chi connectivity index (χ2v) is 3.94. The monoisotopic (exact) mass is 214 g/mol. The molecule has 0 N–H and O–H groups in total. The summed E-state index contributed by atoms with van der Waals surface area (Å²) in [4.78, 5) is 15.7. The van der Waals surface area contributed by atoms with Crippen molar-refractivity contribution >= 4 is 5.91 Å². The second kappa shape index (κ2) is 7.69. The van der Waals surface area contributed by atoms with Gasteiger partial charge < -0.3 is 9.80 Å². The summed E-state index contributed by atoms with van der Waals surface area (Å²) in [7, 11) is 3.68. The number of rotatable bonds is 2. The number of amides is 1. The summed E-state index contributed by atoms with van der Waals surface area (Å²) in [6, 6.07) is 0. The summed E-state index contributed by atoms with van der Waals surface area (Å²) >= 11 is 0. The molecule has 0 bridgehead atoms. The lowest BCUT2D eigenvalue weighted by Crippen LogP contribution is -2.39. The van der Waals surface area contributed by atoms with Gasteiger partial charge in [-0.15, -0.1) is 0 Å². The van der Waals surface area contributed by atoms with E-state index in [4.69, 9.17) is 0 Å². The van der Waals surface area contributed by atoms with Gasteiger partial charge in [0, 0.05) is 20.0 Å². The largest absolute Gasteiger partial charge is 0.349 e. The summed E-state index contributed by atoms with van der Waals surface area (Å²) in [5.41, 5.74) is 0. The Kier molecular flexibility index (Phi) is 7.39. The highest BCUT2D eigenvalue weighted by molar-refractivity contribution is 5.78. The molecule has 1 rings (SSSR count). The molecule has 0 aromatic heterocycles. The van der Waals surface area contributed by atoms with E-state index in [-0.39, 0.29) is 5.92 Å².